The van der Waals surface area contributed by atoms with Gasteiger partial charge in [0.25, 0.3) is 0 Å². The molecule has 5 heteroatoms. The lowest BCUT2D eigenvalue weighted by molar-refractivity contribution is -0.139. The first-order valence-electron chi connectivity index (χ1n) is 3.39. The van der Waals surface area contributed by atoms with Gasteiger partial charge >= 0.3 is 5.97 Å². The molecule has 0 bridgehead atoms. The summed E-state index contributed by atoms with van der Waals surface area (Å²) in [5, 5.41) is 0. The molecule has 0 spiro atoms. The standard InChI is InChI=1S/C6H14O4Si/c1-5(7)10-4-11-6(8-2)9-3/h6H,4,11H2,1-3H3. The van der Waals surface area contributed by atoms with Crippen LogP contribution in [0, 0.1) is 0 Å². The summed E-state index contributed by atoms with van der Waals surface area (Å²) in [5.41, 5.74) is 0. The Bertz CT molecular complexity index is 113. The predicted molar refractivity (Wildman–Crippen MR) is 43.0 cm³/mol. The van der Waals surface area contributed by atoms with Crippen molar-refractivity contribution in [1.82, 2.24) is 0 Å². The zero-order valence-electron chi connectivity index (χ0n) is 7.12. The smallest absolute Gasteiger partial charge is 0.302 e. The van der Waals surface area contributed by atoms with Crippen molar-refractivity contribution >= 4 is 15.5 Å². The van der Waals surface area contributed by atoms with Gasteiger partial charge in [-0.2, -0.15) is 0 Å². The topological polar surface area (TPSA) is 44.8 Å². The Kier molecular flexibility index (Phi) is 6.10. The second-order valence-corrected chi connectivity index (χ2v) is 3.68. The van der Waals surface area contributed by atoms with Gasteiger partial charge in [0.15, 0.2) is 0 Å². The molecule has 0 rings (SSSR count). The Labute approximate surface area is 68.6 Å². The van der Waals surface area contributed by atoms with Crippen molar-refractivity contribution in [2.75, 3.05) is 20.4 Å². The minimum Gasteiger partial charge on any atom is -0.470 e. The number of ether oxygens (including phenoxy) is 3. The normalized spacial score (nSPS) is 11.3. The summed E-state index contributed by atoms with van der Waals surface area (Å²) < 4.78 is 14.6. The maximum atomic E-state index is 10.3. The van der Waals surface area contributed by atoms with E-state index in [0.29, 0.717) is 6.23 Å². The molecule has 0 fully saturated rings. The number of methoxy groups -OCH3 is 2. The van der Waals surface area contributed by atoms with Crippen molar-refractivity contribution in [3.63, 3.8) is 0 Å². The summed E-state index contributed by atoms with van der Waals surface area (Å²) in [6.45, 7) is 1.39. The lowest BCUT2D eigenvalue weighted by atomic mass is 10.8. The molecule has 4 nitrogen and oxygen atoms in total. The van der Waals surface area contributed by atoms with Crippen molar-refractivity contribution in [2.45, 2.75) is 12.8 Å². The van der Waals surface area contributed by atoms with E-state index in [-0.39, 0.29) is 11.9 Å². The lowest BCUT2D eigenvalue weighted by Gasteiger charge is -2.11. The molecule has 0 aliphatic carbocycles. The summed E-state index contributed by atoms with van der Waals surface area (Å²) >= 11 is 0. The first-order valence-corrected chi connectivity index (χ1v) is 5.21. The molecule has 0 aromatic heterocycles. The molecule has 0 unspecified atom stereocenters. The summed E-state index contributed by atoms with van der Waals surface area (Å²) in [6.07, 6.45) is 0.474. The Morgan fingerprint density at radius 2 is 2.00 bits per heavy atom. The van der Waals surface area contributed by atoms with Gasteiger partial charge in [-0.3, -0.25) is 4.79 Å². The number of carbonyl (C=O) groups excluding carboxylic acids is 1. The van der Waals surface area contributed by atoms with E-state index in [4.69, 9.17) is 14.2 Å². The van der Waals surface area contributed by atoms with Crippen molar-refractivity contribution < 1.29 is 19.0 Å². The third-order valence-corrected chi connectivity index (χ3v) is 2.76. The van der Waals surface area contributed by atoms with Crippen molar-refractivity contribution in [3.05, 3.63) is 0 Å². The van der Waals surface area contributed by atoms with Gasteiger partial charge in [-0.1, -0.05) is 0 Å². The average molecular weight is 178 g/mol. The molecule has 0 radical (unpaired) electrons. The van der Waals surface area contributed by atoms with E-state index in [9.17, 15) is 4.79 Å². The average Bonchev–Trinajstić information content (AvgIpc) is 1.98. The SMILES string of the molecule is COC(OC)[SiH2]COC(C)=O. The predicted octanol–water partition coefficient (Wildman–Crippen LogP) is -0.748. The van der Waals surface area contributed by atoms with E-state index in [1.807, 2.05) is 0 Å². The molecule has 0 saturated carbocycles. The monoisotopic (exact) mass is 178 g/mol. The van der Waals surface area contributed by atoms with Gasteiger partial charge in [0.2, 0.25) is 0 Å². The third kappa shape index (κ3) is 6.02. The Morgan fingerprint density at radius 1 is 1.45 bits per heavy atom. The van der Waals surface area contributed by atoms with E-state index in [2.05, 4.69) is 0 Å². The number of hydrogen-bond acceptors (Lipinski definition) is 4. The molecule has 66 valence electrons. The quantitative estimate of drug-likeness (QED) is 0.316. The van der Waals surface area contributed by atoms with E-state index in [1.54, 1.807) is 14.2 Å². The number of carbonyl (C=O) groups is 1. The maximum absolute atomic E-state index is 10.3. The first kappa shape index (κ1) is 10.6. The first-order chi connectivity index (χ1) is 5.20. The van der Waals surface area contributed by atoms with Crippen LogP contribution < -0.4 is 0 Å². The molecule has 0 N–H and O–H groups in total. The van der Waals surface area contributed by atoms with Crippen LogP contribution in [0.1, 0.15) is 6.92 Å². The highest BCUT2D eigenvalue weighted by molar-refractivity contribution is 6.36. The van der Waals surface area contributed by atoms with Gasteiger partial charge in [0.05, 0.1) is 6.23 Å². The van der Waals surface area contributed by atoms with Crippen molar-refractivity contribution in [1.29, 1.82) is 0 Å². The minimum absolute atomic E-state index is 0.144. The van der Waals surface area contributed by atoms with Crippen LogP contribution in [0.15, 0.2) is 0 Å². The number of esters is 1. The number of rotatable bonds is 5. The summed E-state index contributed by atoms with van der Waals surface area (Å²) in [4.78, 5) is 10.3. The molecular weight excluding hydrogens is 164 g/mol. The van der Waals surface area contributed by atoms with Gasteiger partial charge in [-0.25, -0.2) is 0 Å². The Morgan fingerprint density at radius 3 is 2.36 bits per heavy atom. The fraction of sp³-hybridized carbons (Fsp3) is 0.833. The molecule has 0 aromatic carbocycles. The summed E-state index contributed by atoms with van der Waals surface area (Å²) in [7, 11) is 2.55. The van der Waals surface area contributed by atoms with Gasteiger partial charge in [0, 0.05) is 21.1 Å². The van der Waals surface area contributed by atoms with Crippen LogP contribution in [0.2, 0.25) is 0 Å². The second-order valence-electron chi connectivity index (χ2n) is 2.03. The van der Waals surface area contributed by atoms with Crippen LogP contribution in [0.5, 0.6) is 0 Å². The molecule has 0 saturated heterocycles. The molecule has 0 aromatic rings. The lowest BCUT2D eigenvalue weighted by Crippen LogP contribution is -2.26. The van der Waals surface area contributed by atoms with E-state index >= 15 is 0 Å². The molecule has 0 atom stereocenters. The maximum Gasteiger partial charge on any atom is 0.302 e. The van der Waals surface area contributed by atoms with Crippen molar-refractivity contribution in [2.24, 2.45) is 0 Å². The van der Waals surface area contributed by atoms with Gasteiger partial charge in [-0.05, 0) is 0 Å². The van der Waals surface area contributed by atoms with Crippen LogP contribution in [0.25, 0.3) is 0 Å². The fourth-order valence-electron chi connectivity index (χ4n) is 0.631. The minimum atomic E-state index is -0.605. The highest BCUT2D eigenvalue weighted by Crippen LogP contribution is 1.87. The second kappa shape index (κ2) is 6.33. The van der Waals surface area contributed by atoms with Crippen molar-refractivity contribution in [3.8, 4) is 0 Å². The summed E-state index contributed by atoms with van der Waals surface area (Å²) in [6, 6.07) is 0. The highest BCUT2D eigenvalue weighted by atomic mass is 28.2. The largest absolute Gasteiger partial charge is 0.470 e. The van der Waals surface area contributed by atoms with E-state index < -0.39 is 9.52 Å². The van der Waals surface area contributed by atoms with Crippen LogP contribution in [0.4, 0.5) is 0 Å². The Balaban J connectivity index is 3.28. The zero-order valence-corrected chi connectivity index (χ0v) is 8.54. The van der Waals surface area contributed by atoms with Gasteiger partial charge < -0.3 is 14.2 Å². The van der Waals surface area contributed by atoms with E-state index in [1.165, 1.54) is 6.92 Å². The molecule has 0 heterocycles. The summed E-state index contributed by atoms with van der Waals surface area (Å²) in [5.74, 6) is -0.391. The molecule has 11 heavy (non-hydrogen) atoms. The van der Waals surface area contributed by atoms with Gasteiger partial charge in [-0.15, -0.1) is 0 Å². The van der Waals surface area contributed by atoms with Crippen LogP contribution in [-0.2, 0) is 19.0 Å². The number of hydrogen-bond donors (Lipinski definition) is 0. The highest BCUT2D eigenvalue weighted by Gasteiger charge is 2.05. The van der Waals surface area contributed by atoms with E-state index in [0.717, 1.165) is 0 Å². The molecule has 0 amide bonds. The van der Waals surface area contributed by atoms with Crippen LogP contribution in [0.3, 0.4) is 0 Å². The third-order valence-electron chi connectivity index (χ3n) is 1.18. The molecular formula is C6H14O4Si. The van der Waals surface area contributed by atoms with Crippen LogP contribution >= 0.6 is 0 Å². The Hall–Kier alpha value is -0.393. The zero-order chi connectivity index (χ0) is 8.69. The molecule has 0 aliphatic heterocycles. The molecule has 0 aliphatic rings. The van der Waals surface area contributed by atoms with Gasteiger partial charge in [0.1, 0.15) is 15.4 Å². The van der Waals surface area contributed by atoms with Crippen LogP contribution in [-0.4, -0.2) is 41.9 Å². The fourth-order valence-corrected chi connectivity index (χ4v) is 1.70.